The van der Waals surface area contributed by atoms with Crippen molar-refractivity contribution >= 4 is 6.09 Å². The average molecular weight is 141 g/mol. The number of nitrogens with two attached hydrogens (primary N) is 1. The smallest absolute Gasteiger partial charge is 0.404 e. The monoisotopic (exact) mass is 141 g/mol. The van der Waals surface area contributed by atoms with Crippen LogP contribution in [0.25, 0.3) is 0 Å². The van der Waals surface area contributed by atoms with Crippen LogP contribution >= 0.6 is 0 Å². The minimum absolute atomic E-state index is 1.34. The molecule has 0 aliphatic carbocycles. The predicted molar refractivity (Wildman–Crippen MR) is 22.7 cm³/mol. The molecule has 0 radical (unpaired) electrons. The Morgan fingerprint density at radius 3 is 2.33 bits per heavy atom. The van der Waals surface area contributed by atoms with E-state index in [4.69, 9.17) is 5.11 Å². The highest BCUT2D eigenvalue weighted by molar-refractivity contribution is 5.64. The second kappa shape index (κ2) is 2.58. The largest absolute Gasteiger partial charge is 0.440 e. The minimum atomic E-state index is -3.99. The lowest BCUT2D eigenvalue weighted by atomic mass is 10.7. The molecule has 4 nitrogen and oxygen atoms in total. The van der Waals surface area contributed by atoms with E-state index in [0.29, 0.717) is 0 Å². The normalized spacial score (nSPS) is 11.0. The maximum Gasteiger partial charge on any atom is 0.404 e. The molecule has 0 fully saturated rings. The first kappa shape index (κ1) is 8.09. The Balaban J connectivity index is 3.39. The first-order chi connectivity index (χ1) is 3.92. The lowest BCUT2D eigenvalue weighted by Crippen LogP contribution is -2.27. The van der Waals surface area contributed by atoms with E-state index in [1.54, 1.807) is 0 Å². The number of halogens is 2. The van der Waals surface area contributed by atoms with E-state index in [1.165, 1.54) is 0 Å². The highest BCUT2D eigenvalue weighted by Crippen LogP contribution is 2.06. The van der Waals surface area contributed by atoms with Gasteiger partial charge in [0.25, 0.3) is 0 Å². The van der Waals surface area contributed by atoms with Crippen molar-refractivity contribution in [3.63, 3.8) is 0 Å². The summed E-state index contributed by atoms with van der Waals surface area (Å²) < 4.78 is 26.2. The van der Waals surface area contributed by atoms with Crippen LogP contribution < -0.4 is 5.73 Å². The Morgan fingerprint density at radius 2 is 2.22 bits per heavy atom. The van der Waals surface area contributed by atoms with Gasteiger partial charge in [-0.2, -0.15) is 8.78 Å². The molecule has 54 valence electrons. The van der Waals surface area contributed by atoms with Crippen LogP contribution in [0.5, 0.6) is 0 Å². The second-order valence-electron chi connectivity index (χ2n) is 1.27. The van der Waals surface area contributed by atoms with Gasteiger partial charge >= 0.3 is 12.2 Å². The zero-order valence-electron chi connectivity index (χ0n) is 4.30. The molecule has 0 aromatic heterocycles. The number of aliphatic hydroxyl groups is 1. The maximum atomic E-state index is 11.3. The van der Waals surface area contributed by atoms with Crippen molar-refractivity contribution in [1.29, 1.82) is 0 Å². The topological polar surface area (TPSA) is 72.6 Å². The fourth-order valence-electron chi connectivity index (χ4n) is 0.158. The third-order valence-corrected chi connectivity index (χ3v) is 0.388. The second-order valence-corrected chi connectivity index (χ2v) is 1.27. The van der Waals surface area contributed by atoms with E-state index in [2.05, 4.69) is 10.5 Å². The zero-order chi connectivity index (χ0) is 7.49. The Bertz CT molecular complexity index is 110. The summed E-state index contributed by atoms with van der Waals surface area (Å²) in [6.45, 7) is -1.40. The van der Waals surface area contributed by atoms with Crippen molar-refractivity contribution in [1.82, 2.24) is 0 Å². The molecule has 0 aliphatic heterocycles. The van der Waals surface area contributed by atoms with Crippen molar-refractivity contribution in [3.05, 3.63) is 0 Å². The minimum Gasteiger partial charge on any atom is -0.440 e. The average Bonchev–Trinajstić information content (AvgIpc) is 1.59. The van der Waals surface area contributed by atoms with Crippen molar-refractivity contribution in [2.75, 3.05) is 6.61 Å². The number of rotatable bonds is 2. The molecule has 0 saturated carbocycles. The molecule has 0 bridgehead atoms. The van der Waals surface area contributed by atoms with Gasteiger partial charge in [0.15, 0.2) is 6.61 Å². The van der Waals surface area contributed by atoms with Crippen LogP contribution in [0.15, 0.2) is 0 Å². The molecule has 0 saturated heterocycles. The number of amides is 1. The van der Waals surface area contributed by atoms with Gasteiger partial charge in [0, 0.05) is 0 Å². The summed E-state index contributed by atoms with van der Waals surface area (Å²) in [5.74, 6) is 0. The molecule has 9 heavy (non-hydrogen) atoms. The quantitative estimate of drug-likeness (QED) is 0.552. The number of carbonyl (C=O) groups excluding carboxylic acids is 1. The number of hydrogen-bond donors (Lipinski definition) is 2. The molecule has 0 aromatic rings. The molecular weight excluding hydrogens is 136 g/mol. The molecule has 0 atom stereocenters. The van der Waals surface area contributed by atoms with E-state index >= 15 is 0 Å². The van der Waals surface area contributed by atoms with Crippen molar-refractivity contribution in [2.24, 2.45) is 5.73 Å². The zero-order valence-corrected chi connectivity index (χ0v) is 4.30. The Labute approximate surface area is 49.2 Å². The Hall–Kier alpha value is -0.910. The Kier molecular flexibility index (Phi) is 2.32. The van der Waals surface area contributed by atoms with Gasteiger partial charge in [-0.3, -0.25) is 0 Å². The van der Waals surface area contributed by atoms with Crippen LogP contribution in [0.2, 0.25) is 0 Å². The van der Waals surface area contributed by atoms with E-state index < -0.39 is 18.8 Å². The summed E-state index contributed by atoms with van der Waals surface area (Å²) in [7, 11) is 0. The maximum absolute atomic E-state index is 11.3. The molecule has 1 amide bonds. The van der Waals surface area contributed by atoms with Gasteiger partial charge in [-0.05, 0) is 0 Å². The molecule has 0 unspecified atom stereocenters. The number of primary amides is 1. The molecule has 3 N–H and O–H groups in total. The molecule has 6 heteroatoms. The summed E-state index contributed by atoms with van der Waals surface area (Å²) in [6.07, 6.45) is -5.33. The molecule has 0 heterocycles. The van der Waals surface area contributed by atoms with Gasteiger partial charge in [-0.15, -0.1) is 0 Å². The first-order valence-corrected chi connectivity index (χ1v) is 1.94. The summed E-state index contributed by atoms with van der Waals surface area (Å²) in [5, 5.41) is 7.60. The van der Waals surface area contributed by atoms with Gasteiger partial charge in [-0.25, -0.2) is 4.79 Å². The first-order valence-electron chi connectivity index (χ1n) is 1.94. The number of alkyl halides is 2. The van der Waals surface area contributed by atoms with Crippen LogP contribution in [0.1, 0.15) is 0 Å². The van der Waals surface area contributed by atoms with Crippen molar-refractivity contribution < 1.29 is 23.4 Å². The number of hydrogen-bond acceptors (Lipinski definition) is 3. The fraction of sp³-hybridized carbons (Fsp3) is 0.667. The predicted octanol–water partition coefficient (Wildman–Crippen LogP) is -0.333. The SMILES string of the molecule is NC(=O)OCC(O)(F)F. The van der Waals surface area contributed by atoms with Crippen LogP contribution in [0, 0.1) is 0 Å². The van der Waals surface area contributed by atoms with Gasteiger partial charge in [0.2, 0.25) is 0 Å². The van der Waals surface area contributed by atoms with Crippen molar-refractivity contribution in [2.45, 2.75) is 6.11 Å². The van der Waals surface area contributed by atoms with E-state index in [-0.39, 0.29) is 0 Å². The number of ether oxygens (including phenoxy) is 1. The summed E-state index contributed by atoms with van der Waals surface area (Å²) >= 11 is 0. The number of carbonyl (C=O) groups is 1. The lowest BCUT2D eigenvalue weighted by molar-refractivity contribution is -0.221. The fourth-order valence-corrected chi connectivity index (χ4v) is 0.158. The molecule has 0 rings (SSSR count). The van der Waals surface area contributed by atoms with Crippen molar-refractivity contribution in [3.8, 4) is 0 Å². The van der Waals surface area contributed by atoms with Gasteiger partial charge in [-0.1, -0.05) is 0 Å². The highest BCUT2D eigenvalue weighted by atomic mass is 19.3. The highest BCUT2D eigenvalue weighted by Gasteiger charge is 2.25. The third-order valence-electron chi connectivity index (χ3n) is 0.388. The van der Waals surface area contributed by atoms with Crippen LogP contribution in [0.3, 0.4) is 0 Å². The summed E-state index contributed by atoms with van der Waals surface area (Å²) in [4.78, 5) is 9.60. The van der Waals surface area contributed by atoms with Crippen LogP contribution in [0.4, 0.5) is 13.6 Å². The summed E-state index contributed by atoms with van der Waals surface area (Å²) in [6, 6.07) is 0. The van der Waals surface area contributed by atoms with Crippen LogP contribution in [-0.4, -0.2) is 23.9 Å². The third kappa shape index (κ3) is 7.09. The molecule has 0 aromatic carbocycles. The van der Waals surface area contributed by atoms with E-state index in [1.807, 2.05) is 0 Å². The standard InChI is InChI=1S/C3H5F2NO3/c4-3(5,8)1-9-2(6)7/h8H,1H2,(H2,6,7). The van der Waals surface area contributed by atoms with Crippen LogP contribution in [-0.2, 0) is 4.74 Å². The van der Waals surface area contributed by atoms with Gasteiger partial charge in [0.1, 0.15) is 0 Å². The molecular formula is C3H5F2NO3. The lowest BCUT2D eigenvalue weighted by Gasteiger charge is -2.06. The van der Waals surface area contributed by atoms with E-state index in [0.717, 1.165) is 0 Å². The summed E-state index contributed by atoms with van der Waals surface area (Å²) in [5.41, 5.74) is 4.29. The molecule has 0 aliphatic rings. The van der Waals surface area contributed by atoms with Gasteiger partial charge < -0.3 is 15.6 Å². The molecule has 0 spiro atoms. The van der Waals surface area contributed by atoms with Gasteiger partial charge in [0.05, 0.1) is 0 Å². The van der Waals surface area contributed by atoms with E-state index in [9.17, 15) is 13.6 Å². The Morgan fingerprint density at radius 1 is 1.78 bits per heavy atom.